The number of amides is 2. The smallest absolute Gasteiger partial charge is 0.254 e. The Kier molecular flexibility index (Phi) is 6.73. The molecule has 1 aliphatic rings. The van der Waals surface area contributed by atoms with Crippen molar-refractivity contribution in [2.24, 2.45) is 5.73 Å². The minimum Gasteiger partial charge on any atom is -0.351 e. The van der Waals surface area contributed by atoms with Crippen molar-refractivity contribution in [3.05, 3.63) is 71.5 Å². The van der Waals surface area contributed by atoms with E-state index in [1.165, 1.54) is 12.1 Å². The fourth-order valence-corrected chi connectivity index (χ4v) is 3.26. The molecule has 1 saturated heterocycles. The number of nitrogens with one attached hydrogen (secondary N) is 1. The van der Waals surface area contributed by atoms with Crippen molar-refractivity contribution in [3.8, 4) is 0 Å². The molecule has 0 saturated carbocycles. The van der Waals surface area contributed by atoms with Crippen LogP contribution in [0.15, 0.2) is 54.6 Å². The van der Waals surface area contributed by atoms with Gasteiger partial charge >= 0.3 is 0 Å². The number of hydrogen-bond acceptors (Lipinski definition) is 4. The van der Waals surface area contributed by atoms with Gasteiger partial charge in [-0.05, 0) is 17.7 Å². The first-order valence-electron chi connectivity index (χ1n) is 9.40. The molecule has 0 aromatic heterocycles. The summed E-state index contributed by atoms with van der Waals surface area (Å²) in [6, 6.07) is 14.6. The molecule has 2 aromatic rings. The van der Waals surface area contributed by atoms with Crippen LogP contribution in [0.3, 0.4) is 0 Å². The lowest BCUT2D eigenvalue weighted by atomic mass is 10.1. The van der Waals surface area contributed by atoms with Gasteiger partial charge in [0.1, 0.15) is 11.9 Å². The summed E-state index contributed by atoms with van der Waals surface area (Å²) in [7, 11) is 0. The quantitative estimate of drug-likeness (QED) is 0.789. The molecule has 148 valence electrons. The lowest BCUT2D eigenvalue weighted by Gasteiger charge is -2.36. The summed E-state index contributed by atoms with van der Waals surface area (Å²) in [4.78, 5) is 28.6. The van der Waals surface area contributed by atoms with Crippen molar-refractivity contribution >= 4 is 11.8 Å². The van der Waals surface area contributed by atoms with Gasteiger partial charge in [0.25, 0.3) is 5.91 Å². The summed E-state index contributed by atoms with van der Waals surface area (Å²) >= 11 is 0. The highest BCUT2D eigenvalue weighted by Crippen LogP contribution is 2.14. The second-order valence-electron chi connectivity index (χ2n) is 6.79. The fourth-order valence-electron chi connectivity index (χ4n) is 3.26. The normalized spacial score (nSPS) is 15.9. The van der Waals surface area contributed by atoms with Crippen LogP contribution >= 0.6 is 0 Å². The Labute approximate surface area is 164 Å². The molecule has 7 heteroatoms. The molecule has 28 heavy (non-hydrogen) atoms. The molecule has 1 atom stereocenters. The van der Waals surface area contributed by atoms with Crippen molar-refractivity contribution in [1.82, 2.24) is 15.1 Å². The monoisotopic (exact) mass is 384 g/mol. The molecular weight excluding hydrogens is 359 g/mol. The maximum atomic E-state index is 13.6. The Morgan fingerprint density at radius 3 is 2.32 bits per heavy atom. The number of halogens is 1. The van der Waals surface area contributed by atoms with Gasteiger partial charge in [-0.15, -0.1) is 0 Å². The van der Waals surface area contributed by atoms with Crippen molar-refractivity contribution in [2.45, 2.75) is 6.04 Å². The summed E-state index contributed by atoms with van der Waals surface area (Å²) < 4.78 is 13.6. The van der Waals surface area contributed by atoms with E-state index >= 15 is 0 Å². The molecule has 1 fully saturated rings. The third-order valence-corrected chi connectivity index (χ3v) is 4.94. The number of carbonyl (C=O) groups is 2. The van der Waals surface area contributed by atoms with Crippen LogP contribution in [-0.4, -0.2) is 60.9 Å². The number of nitrogens with zero attached hydrogens (tertiary/aromatic N) is 2. The number of nitrogens with two attached hydrogens (primary N) is 1. The third-order valence-electron chi connectivity index (χ3n) is 4.94. The Hall–Kier alpha value is -2.77. The largest absolute Gasteiger partial charge is 0.351 e. The molecule has 1 aliphatic heterocycles. The molecule has 3 rings (SSSR count). The number of piperazine rings is 1. The molecule has 0 aliphatic carbocycles. The lowest BCUT2D eigenvalue weighted by molar-refractivity contribution is -0.134. The maximum Gasteiger partial charge on any atom is 0.254 e. The van der Waals surface area contributed by atoms with Crippen LogP contribution in [0.25, 0.3) is 0 Å². The molecule has 0 bridgehead atoms. The molecule has 2 aromatic carbocycles. The molecule has 6 nitrogen and oxygen atoms in total. The summed E-state index contributed by atoms with van der Waals surface area (Å²) in [6.07, 6.45) is 0. The molecular formula is C21H25FN4O2. The van der Waals surface area contributed by atoms with Gasteiger partial charge in [0.15, 0.2) is 0 Å². The number of rotatable bonds is 6. The predicted molar refractivity (Wildman–Crippen MR) is 105 cm³/mol. The molecule has 0 spiro atoms. The SMILES string of the molecule is NC(C(=O)N1CCN(CCNC(=O)c2ccccc2F)CC1)c1ccccc1. The topological polar surface area (TPSA) is 78.7 Å². The van der Waals surface area contributed by atoms with Gasteiger partial charge in [0.05, 0.1) is 5.56 Å². The van der Waals surface area contributed by atoms with Crippen molar-refractivity contribution in [1.29, 1.82) is 0 Å². The number of carbonyl (C=O) groups excluding carboxylic acids is 2. The van der Waals surface area contributed by atoms with Crippen molar-refractivity contribution in [2.75, 3.05) is 39.3 Å². The Bertz CT molecular complexity index is 807. The summed E-state index contributed by atoms with van der Waals surface area (Å²) in [5.41, 5.74) is 6.96. The van der Waals surface area contributed by atoms with Gasteiger partial charge in [0.2, 0.25) is 5.91 Å². The summed E-state index contributed by atoms with van der Waals surface area (Å²) in [5.74, 6) is -1.01. The van der Waals surface area contributed by atoms with E-state index in [1.807, 2.05) is 30.3 Å². The van der Waals surface area contributed by atoms with E-state index in [0.29, 0.717) is 39.3 Å². The van der Waals surface area contributed by atoms with Gasteiger partial charge in [0, 0.05) is 39.3 Å². The van der Waals surface area contributed by atoms with Crippen LogP contribution in [0.4, 0.5) is 4.39 Å². The highest BCUT2D eigenvalue weighted by atomic mass is 19.1. The average molecular weight is 384 g/mol. The Balaban J connectivity index is 1.41. The summed E-state index contributed by atoms with van der Waals surface area (Å²) in [5, 5.41) is 2.74. The first-order chi connectivity index (χ1) is 13.6. The van der Waals surface area contributed by atoms with Crippen LogP contribution < -0.4 is 11.1 Å². The van der Waals surface area contributed by atoms with E-state index in [1.54, 1.807) is 17.0 Å². The van der Waals surface area contributed by atoms with Crippen LogP contribution in [0, 0.1) is 5.82 Å². The average Bonchev–Trinajstić information content (AvgIpc) is 2.74. The van der Waals surface area contributed by atoms with Crippen molar-refractivity contribution in [3.63, 3.8) is 0 Å². The van der Waals surface area contributed by atoms with E-state index < -0.39 is 17.8 Å². The Morgan fingerprint density at radius 2 is 1.64 bits per heavy atom. The van der Waals surface area contributed by atoms with Gasteiger partial charge < -0.3 is 16.0 Å². The van der Waals surface area contributed by atoms with Crippen LogP contribution in [0.2, 0.25) is 0 Å². The molecule has 2 amide bonds. The van der Waals surface area contributed by atoms with Crippen LogP contribution in [0.5, 0.6) is 0 Å². The van der Waals surface area contributed by atoms with E-state index in [4.69, 9.17) is 5.73 Å². The highest BCUT2D eigenvalue weighted by Gasteiger charge is 2.26. The standard InChI is InChI=1S/C21H25FN4O2/c22-18-9-5-4-8-17(18)20(27)24-10-11-25-12-14-26(15-13-25)21(28)19(23)16-6-2-1-3-7-16/h1-9,19H,10-15,23H2,(H,24,27). The second-order valence-corrected chi connectivity index (χ2v) is 6.79. The molecule has 1 unspecified atom stereocenters. The first kappa shape index (κ1) is 20.0. The first-order valence-corrected chi connectivity index (χ1v) is 9.40. The van der Waals surface area contributed by atoms with E-state index in [0.717, 1.165) is 5.56 Å². The minimum absolute atomic E-state index is 0.0489. The fraction of sp³-hybridized carbons (Fsp3) is 0.333. The summed E-state index contributed by atoms with van der Waals surface area (Å²) in [6.45, 7) is 3.69. The zero-order valence-corrected chi connectivity index (χ0v) is 15.7. The number of benzene rings is 2. The Morgan fingerprint density at radius 1 is 1.00 bits per heavy atom. The second kappa shape index (κ2) is 9.43. The lowest BCUT2D eigenvalue weighted by Crippen LogP contribution is -2.52. The van der Waals surface area contributed by atoms with Gasteiger partial charge in [-0.3, -0.25) is 14.5 Å². The van der Waals surface area contributed by atoms with Crippen LogP contribution in [0.1, 0.15) is 22.0 Å². The molecule has 3 N–H and O–H groups in total. The molecule has 0 radical (unpaired) electrons. The zero-order valence-electron chi connectivity index (χ0n) is 15.7. The third kappa shape index (κ3) is 4.94. The van der Waals surface area contributed by atoms with E-state index in [9.17, 15) is 14.0 Å². The zero-order chi connectivity index (χ0) is 19.9. The number of hydrogen-bond donors (Lipinski definition) is 2. The molecule has 1 heterocycles. The van der Waals surface area contributed by atoms with Gasteiger partial charge in [-0.1, -0.05) is 42.5 Å². The van der Waals surface area contributed by atoms with E-state index in [-0.39, 0.29) is 11.5 Å². The maximum absolute atomic E-state index is 13.6. The predicted octanol–water partition coefficient (Wildman–Crippen LogP) is 1.40. The van der Waals surface area contributed by atoms with Gasteiger partial charge in [-0.2, -0.15) is 0 Å². The van der Waals surface area contributed by atoms with Crippen LogP contribution in [-0.2, 0) is 4.79 Å². The minimum atomic E-state index is -0.646. The van der Waals surface area contributed by atoms with Crippen molar-refractivity contribution < 1.29 is 14.0 Å². The highest BCUT2D eigenvalue weighted by molar-refractivity contribution is 5.94. The van der Waals surface area contributed by atoms with E-state index in [2.05, 4.69) is 10.2 Å². The van der Waals surface area contributed by atoms with Gasteiger partial charge in [-0.25, -0.2) is 4.39 Å².